The molecule has 0 saturated heterocycles. The Morgan fingerprint density at radius 1 is 1.27 bits per heavy atom. The molecule has 3 rings (SSSR count). The van der Waals surface area contributed by atoms with E-state index in [1.54, 1.807) is 6.92 Å². The maximum Gasteiger partial charge on any atom is 0.128 e. The van der Waals surface area contributed by atoms with Gasteiger partial charge in [0, 0.05) is 16.2 Å². The average molecular weight is 329 g/mol. The Labute approximate surface area is 136 Å². The van der Waals surface area contributed by atoms with Crippen LogP contribution in [0.2, 0.25) is 0 Å². The van der Waals surface area contributed by atoms with Gasteiger partial charge in [-0.25, -0.2) is 9.97 Å². The normalized spacial score (nSPS) is 12.5. The van der Waals surface area contributed by atoms with Crippen LogP contribution in [0.5, 0.6) is 0 Å². The Hall–Kier alpha value is -1.92. The second kappa shape index (κ2) is 6.06. The van der Waals surface area contributed by atoms with Gasteiger partial charge in [0.2, 0.25) is 0 Å². The first-order valence-corrected chi connectivity index (χ1v) is 8.49. The van der Waals surface area contributed by atoms with Crippen LogP contribution in [0.25, 0.3) is 21.3 Å². The number of aliphatic carboxylic acids is 1. The van der Waals surface area contributed by atoms with E-state index in [0.29, 0.717) is 5.03 Å². The summed E-state index contributed by atoms with van der Waals surface area (Å²) in [5, 5.41) is 14.0. The van der Waals surface area contributed by atoms with Gasteiger partial charge in [0.15, 0.2) is 0 Å². The van der Waals surface area contributed by atoms with Crippen molar-refractivity contribution < 1.29 is 9.90 Å². The molecule has 2 aromatic heterocycles. The van der Waals surface area contributed by atoms with Crippen LogP contribution in [0.3, 0.4) is 0 Å². The molecule has 6 heteroatoms. The molecule has 0 aliphatic carbocycles. The molecule has 0 aliphatic rings. The maximum atomic E-state index is 11.0. The second-order valence-corrected chi connectivity index (χ2v) is 7.14. The van der Waals surface area contributed by atoms with Gasteiger partial charge in [-0.15, -0.1) is 11.3 Å². The third-order valence-corrected chi connectivity index (χ3v) is 5.28. The van der Waals surface area contributed by atoms with Crippen LogP contribution < -0.4 is 5.11 Å². The SMILES string of the molecule is Cc1ccc(-c2csc3ncnc(S[C@H](C)C(=O)[O-])c23)cc1. The number of carboxylic acid groups (broad SMARTS) is 1. The van der Waals surface area contributed by atoms with Crippen molar-refractivity contribution >= 4 is 39.3 Å². The summed E-state index contributed by atoms with van der Waals surface area (Å²) in [4.78, 5) is 20.4. The zero-order valence-electron chi connectivity index (χ0n) is 12.1. The minimum absolute atomic E-state index is 0.663. The lowest BCUT2D eigenvalue weighted by Crippen LogP contribution is -2.31. The third-order valence-electron chi connectivity index (χ3n) is 3.32. The number of benzene rings is 1. The number of aryl methyl sites for hydroxylation is 1. The first kappa shape index (κ1) is 15.0. The second-order valence-electron chi connectivity index (χ2n) is 4.95. The molecule has 0 amide bonds. The minimum atomic E-state index is -1.09. The summed E-state index contributed by atoms with van der Waals surface area (Å²) in [6, 6.07) is 8.22. The van der Waals surface area contributed by atoms with E-state index >= 15 is 0 Å². The number of rotatable bonds is 4. The van der Waals surface area contributed by atoms with Crippen molar-refractivity contribution in [2.45, 2.75) is 24.1 Å². The summed E-state index contributed by atoms with van der Waals surface area (Å²) >= 11 is 2.73. The summed E-state index contributed by atoms with van der Waals surface area (Å²) in [6.45, 7) is 3.65. The van der Waals surface area contributed by atoms with E-state index in [9.17, 15) is 9.90 Å². The third kappa shape index (κ3) is 2.84. The molecule has 1 aromatic carbocycles. The predicted octanol–water partition coefficient (Wildman–Crippen LogP) is 2.90. The summed E-state index contributed by atoms with van der Waals surface area (Å²) in [7, 11) is 0. The van der Waals surface area contributed by atoms with Crippen molar-refractivity contribution in [3.05, 3.63) is 41.5 Å². The van der Waals surface area contributed by atoms with E-state index in [4.69, 9.17) is 0 Å². The largest absolute Gasteiger partial charge is 0.549 e. The highest BCUT2D eigenvalue weighted by Crippen LogP contribution is 2.38. The number of thiophene rings is 1. The van der Waals surface area contributed by atoms with Gasteiger partial charge >= 0.3 is 0 Å². The Balaban J connectivity index is 2.12. The van der Waals surface area contributed by atoms with Crippen LogP contribution >= 0.6 is 23.1 Å². The van der Waals surface area contributed by atoms with Crippen molar-refractivity contribution in [2.75, 3.05) is 0 Å². The van der Waals surface area contributed by atoms with E-state index in [1.165, 1.54) is 35.0 Å². The number of thioether (sulfide) groups is 1. The number of carbonyl (C=O) groups excluding carboxylic acids is 1. The summed E-state index contributed by atoms with van der Waals surface area (Å²) in [5.74, 6) is -1.09. The Morgan fingerprint density at radius 3 is 2.68 bits per heavy atom. The van der Waals surface area contributed by atoms with Gasteiger partial charge in [-0.3, -0.25) is 0 Å². The Kier molecular flexibility index (Phi) is 4.13. The first-order chi connectivity index (χ1) is 10.6. The topological polar surface area (TPSA) is 65.9 Å². The fourth-order valence-corrected chi connectivity index (χ4v) is 3.94. The quantitative estimate of drug-likeness (QED) is 0.544. The highest BCUT2D eigenvalue weighted by Gasteiger charge is 2.16. The zero-order valence-corrected chi connectivity index (χ0v) is 13.7. The molecule has 0 aliphatic heterocycles. The molecule has 112 valence electrons. The van der Waals surface area contributed by atoms with Crippen molar-refractivity contribution in [1.29, 1.82) is 0 Å². The summed E-state index contributed by atoms with van der Waals surface area (Å²) in [5.41, 5.74) is 3.31. The average Bonchev–Trinajstić information content (AvgIpc) is 2.93. The molecule has 0 radical (unpaired) electrons. The standard InChI is InChI=1S/C16H14N2O2S2/c1-9-3-5-11(6-4-9)12-7-21-14-13(12)15(18-8-17-14)22-10(2)16(19)20/h3-8,10H,1-2H3,(H,19,20)/p-1/t10-/m1/s1. The molecule has 3 aromatic rings. The molecule has 0 N–H and O–H groups in total. The van der Waals surface area contributed by atoms with Gasteiger partial charge in [0.1, 0.15) is 16.2 Å². The summed E-state index contributed by atoms with van der Waals surface area (Å²) < 4.78 is 0. The molecule has 0 bridgehead atoms. The Morgan fingerprint density at radius 2 is 2.00 bits per heavy atom. The van der Waals surface area contributed by atoms with Gasteiger partial charge in [-0.1, -0.05) is 41.6 Å². The van der Waals surface area contributed by atoms with E-state index in [2.05, 4.69) is 34.2 Å². The fraction of sp³-hybridized carbons (Fsp3) is 0.188. The van der Waals surface area contributed by atoms with Gasteiger partial charge in [-0.2, -0.15) is 0 Å². The number of carbonyl (C=O) groups is 1. The maximum absolute atomic E-state index is 11.0. The highest BCUT2D eigenvalue weighted by atomic mass is 32.2. The first-order valence-electron chi connectivity index (χ1n) is 6.73. The van der Waals surface area contributed by atoms with Crippen molar-refractivity contribution in [3.8, 4) is 11.1 Å². The van der Waals surface area contributed by atoms with Gasteiger partial charge < -0.3 is 9.90 Å². The Bertz CT molecular complexity index is 828. The van der Waals surface area contributed by atoms with Crippen LogP contribution in [0, 0.1) is 6.92 Å². The van der Waals surface area contributed by atoms with Gasteiger partial charge in [0.25, 0.3) is 0 Å². The lowest BCUT2D eigenvalue weighted by molar-refractivity contribution is -0.304. The monoisotopic (exact) mass is 329 g/mol. The number of nitrogens with zero attached hydrogens (tertiary/aromatic N) is 2. The molecule has 0 unspecified atom stereocenters. The van der Waals surface area contributed by atoms with Crippen molar-refractivity contribution in [2.24, 2.45) is 0 Å². The molecule has 4 nitrogen and oxygen atoms in total. The van der Waals surface area contributed by atoms with Crippen LogP contribution in [0.15, 0.2) is 41.0 Å². The molecule has 0 spiro atoms. The van der Waals surface area contributed by atoms with Gasteiger partial charge in [-0.05, 0) is 19.4 Å². The van der Waals surface area contributed by atoms with Crippen molar-refractivity contribution in [3.63, 3.8) is 0 Å². The molecular weight excluding hydrogens is 316 g/mol. The highest BCUT2D eigenvalue weighted by molar-refractivity contribution is 8.00. The van der Waals surface area contributed by atoms with E-state index in [1.807, 2.05) is 12.3 Å². The molecule has 2 heterocycles. The number of hydrogen-bond acceptors (Lipinski definition) is 6. The lowest BCUT2D eigenvalue weighted by Gasteiger charge is -2.12. The van der Waals surface area contributed by atoms with E-state index < -0.39 is 11.2 Å². The zero-order chi connectivity index (χ0) is 15.7. The van der Waals surface area contributed by atoms with Crippen molar-refractivity contribution in [1.82, 2.24) is 9.97 Å². The molecule has 0 fully saturated rings. The fourth-order valence-electron chi connectivity index (χ4n) is 2.10. The number of aromatic nitrogens is 2. The number of hydrogen-bond donors (Lipinski definition) is 0. The van der Waals surface area contributed by atoms with Crippen LogP contribution in [0.1, 0.15) is 12.5 Å². The number of fused-ring (bicyclic) bond motifs is 1. The number of carboxylic acids is 1. The smallest absolute Gasteiger partial charge is 0.128 e. The molecule has 22 heavy (non-hydrogen) atoms. The predicted molar refractivity (Wildman–Crippen MR) is 87.9 cm³/mol. The van der Waals surface area contributed by atoms with Crippen LogP contribution in [-0.2, 0) is 4.79 Å². The molecule has 1 atom stereocenters. The minimum Gasteiger partial charge on any atom is -0.549 e. The summed E-state index contributed by atoms with van der Waals surface area (Å²) in [6.07, 6.45) is 1.47. The lowest BCUT2D eigenvalue weighted by atomic mass is 10.1. The van der Waals surface area contributed by atoms with Crippen LogP contribution in [0.4, 0.5) is 0 Å². The van der Waals surface area contributed by atoms with E-state index in [-0.39, 0.29) is 0 Å². The van der Waals surface area contributed by atoms with Crippen LogP contribution in [-0.4, -0.2) is 21.2 Å². The molecular formula is C16H13N2O2S2-. The van der Waals surface area contributed by atoms with E-state index in [0.717, 1.165) is 21.3 Å². The molecule has 0 saturated carbocycles. The van der Waals surface area contributed by atoms with Gasteiger partial charge in [0.05, 0.1) is 11.4 Å².